The van der Waals surface area contributed by atoms with Crippen molar-refractivity contribution in [2.24, 2.45) is 11.8 Å². The Bertz CT molecular complexity index is 1040. The highest BCUT2D eigenvalue weighted by molar-refractivity contribution is 6.44. The fraction of sp³-hybridized carbons (Fsp3) is 0.375. The van der Waals surface area contributed by atoms with Crippen LogP contribution in [0.5, 0.6) is 0 Å². The molecule has 2 amide bonds. The number of anilines is 2. The lowest BCUT2D eigenvalue weighted by atomic mass is 9.78. The van der Waals surface area contributed by atoms with E-state index in [0.29, 0.717) is 30.1 Å². The van der Waals surface area contributed by atoms with Gasteiger partial charge >= 0.3 is 5.97 Å². The zero-order valence-corrected chi connectivity index (χ0v) is 19.0. The minimum atomic E-state index is -0.549. The Morgan fingerprint density at radius 3 is 2.56 bits per heavy atom. The third-order valence-electron chi connectivity index (χ3n) is 6.11. The van der Waals surface area contributed by atoms with Crippen LogP contribution in [0.1, 0.15) is 31.2 Å². The van der Waals surface area contributed by atoms with Gasteiger partial charge in [0, 0.05) is 12.2 Å². The second-order valence-electron chi connectivity index (χ2n) is 8.12. The van der Waals surface area contributed by atoms with Gasteiger partial charge in [-0.2, -0.15) is 0 Å². The Balaban J connectivity index is 1.38. The first-order chi connectivity index (χ1) is 15.5. The molecule has 0 bridgehead atoms. The summed E-state index contributed by atoms with van der Waals surface area (Å²) in [5, 5.41) is 3.12. The summed E-state index contributed by atoms with van der Waals surface area (Å²) in [5.41, 5.74) is 2.42. The molecule has 168 valence electrons. The smallest absolute Gasteiger partial charge is 0.310 e. The Labute approximate surface area is 196 Å². The predicted octanol–water partition coefficient (Wildman–Crippen LogP) is 4.87. The molecular formula is C24H24Cl2N2O4. The van der Waals surface area contributed by atoms with Crippen LogP contribution >= 0.6 is 23.2 Å². The van der Waals surface area contributed by atoms with E-state index in [9.17, 15) is 14.4 Å². The average molecular weight is 475 g/mol. The number of halogens is 2. The number of nitrogens with zero attached hydrogens (tertiary/aromatic N) is 1. The molecule has 4 rings (SSSR count). The molecule has 2 atom stereocenters. The summed E-state index contributed by atoms with van der Waals surface area (Å²) in [6.07, 6.45) is 3.78. The molecule has 0 radical (unpaired) electrons. The van der Waals surface area contributed by atoms with Gasteiger partial charge in [0.2, 0.25) is 5.91 Å². The fourth-order valence-corrected chi connectivity index (χ4v) is 4.85. The number of carbonyl (C=O) groups is 3. The fourth-order valence-electron chi connectivity index (χ4n) is 4.51. The highest BCUT2D eigenvalue weighted by Crippen LogP contribution is 2.36. The van der Waals surface area contributed by atoms with Crippen LogP contribution in [0.3, 0.4) is 0 Å². The van der Waals surface area contributed by atoms with Crippen molar-refractivity contribution in [3.63, 3.8) is 0 Å². The molecule has 0 saturated heterocycles. The molecule has 0 unspecified atom stereocenters. The highest BCUT2D eigenvalue weighted by Gasteiger charge is 2.40. The number of carbonyl (C=O) groups excluding carboxylic acids is 3. The van der Waals surface area contributed by atoms with Crippen molar-refractivity contribution in [3.05, 3.63) is 58.1 Å². The predicted molar refractivity (Wildman–Crippen MR) is 124 cm³/mol. The van der Waals surface area contributed by atoms with Gasteiger partial charge in [0.1, 0.15) is 0 Å². The van der Waals surface area contributed by atoms with E-state index in [0.717, 1.165) is 30.5 Å². The minimum Gasteiger partial charge on any atom is -0.455 e. The molecule has 1 fully saturated rings. The second kappa shape index (κ2) is 9.92. The van der Waals surface area contributed by atoms with Gasteiger partial charge in [-0.25, -0.2) is 0 Å². The van der Waals surface area contributed by atoms with E-state index in [2.05, 4.69) is 5.32 Å². The largest absolute Gasteiger partial charge is 0.455 e. The van der Waals surface area contributed by atoms with E-state index in [-0.39, 0.29) is 10.9 Å². The lowest BCUT2D eigenvalue weighted by molar-refractivity contribution is -0.156. The molecule has 1 aliphatic carbocycles. The van der Waals surface area contributed by atoms with Crippen LogP contribution in [0, 0.1) is 11.8 Å². The Morgan fingerprint density at radius 2 is 1.75 bits per heavy atom. The molecule has 32 heavy (non-hydrogen) atoms. The number of para-hydroxylation sites is 1. The first-order valence-electron chi connectivity index (χ1n) is 10.8. The van der Waals surface area contributed by atoms with Crippen LogP contribution < -0.4 is 10.2 Å². The maximum atomic E-state index is 13.3. The quantitative estimate of drug-likeness (QED) is 0.627. The molecule has 8 heteroatoms. The zero-order chi connectivity index (χ0) is 22.7. The van der Waals surface area contributed by atoms with E-state index in [1.807, 2.05) is 24.3 Å². The number of ether oxygens (including phenoxy) is 1. The molecule has 6 nitrogen and oxygen atoms in total. The topological polar surface area (TPSA) is 75.7 Å². The van der Waals surface area contributed by atoms with Crippen LogP contribution in [0.25, 0.3) is 0 Å². The van der Waals surface area contributed by atoms with Crippen LogP contribution in [-0.2, 0) is 25.5 Å². The number of hydrogen-bond acceptors (Lipinski definition) is 4. The first-order valence-corrected chi connectivity index (χ1v) is 11.5. The molecule has 2 aromatic carbocycles. The molecular weight excluding hydrogens is 451 g/mol. The Morgan fingerprint density at radius 1 is 1.00 bits per heavy atom. The molecule has 0 aromatic heterocycles. The van der Waals surface area contributed by atoms with Gasteiger partial charge in [0.25, 0.3) is 5.91 Å². The maximum Gasteiger partial charge on any atom is 0.310 e. The molecule has 2 aromatic rings. The van der Waals surface area contributed by atoms with Gasteiger partial charge in [-0.15, -0.1) is 0 Å². The first kappa shape index (κ1) is 22.6. The van der Waals surface area contributed by atoms with E-state index in [4.69, 9.17) is 27.9 Å². The van der Waals surface area contributed by atoms with Gasteiger partial charge in [-0.05, 0) is 43.0 Å². The van der Waals surface area contributed by atoms with E-state index >= 15 is 0 Å². The molecule has 0 spiro atoms. The van der Waals surface area contributed by atoms with Crippen molar-refractivity contribution < 1.29 is 19.1 Å². The van der Waals surface area contributed by atoms with E-state index in [1.54, 1.807) is 23.1 Å². The van der Waals surface area contributed by atoms with Crippen LogP contribution in [-0.4, -0.2) is 30.9 Å². The lowest BCUT2D eigenvalue weighted by Gasteiger charge is -2.32. The summed E-state index contributed by atoms with van der Waals surface area (Å²) in [6.45, 7) is 0.172. The van der Waals surface area contributed by atoms with Crippen molar-refractivity contribution in [2.45, 2.75) is 32.1 Å². The molecule has 1 aliphatic heterocycles. The third kappa shape index (κ3) is 4.76. The Kier molecular flexibility index (Phi) is 7.01. The maximum absolute atomic E-state index is 13.3. The zero-order valence-electron chi connectivity index (χ0n) is 17.5. The number of rotatable bonds is 5. The third-order valence-corrected chi connectivity index (χ3v) is 6.93. The SMILES string of the molecule is O=C(COC(=O)[C@@H]1CCCC[C@H]1C(=O)N1CCc2ccccc21)Nc1cccc(Cl)c1Cl. The lowest BCUT2D eigenvalue weighted by Crippen LogP contribution is -2.42. The van der Waals surface area contributed by atoms with Gasteiger partial charge in [0.15, 0.2) is 6.61 Å². The number of hydrogen-bond donors (Lipinski definition) is 1. The van der Waals surface area contributed by atoms with Crippen molar-refractivity contribution in [1.29, 1.82) is 0 Å². The van der Waals surface area contributed by atoms with E-state index < -0.39 is 30.3 Å². The van der Waals surface area contributed by atoms with Crippen molar-refractivity contribution in [2.75, 3.05) is 23.4 Å². The van der Waals surface area contributed by atoms with Gasteiger partial charge < -0.3 is 15.0 Å². The van der Waals surface area contributed by atoms with Crippen molar-refractivity contribution in [3.8, 4) is 0 Å². The second-order valence-corrected chi connectivity index (χ2v) is 8.91. The number of fused-ring (bicyclic) bond motifs is 1. The van der Waals surface area contributed by atoms with Crippen LogP contribution in [0.2, 0.25) is 10.0 Å². The average Bonchev–Trinajstić information content (AvgIpc) is 3.24. The standard InChI is InChI=1S/C24H24Cl2N2O4/c25-18-9-5-10-19(22(18)26)27-21(29)14-32-24(31)17-8-3-2-7-16(17)23(30)28-13-12-15-6-1-4-11-20(15)28/h1,4-6,9-11,16-17H,2-3,7-8,12-14H2,(H,27,29)/t16-,17-/m1/s1. The summed E-state index contributed by atoms with van der Waals surface area (Å²) in [5.74, 6) is -2.05. The Hall–Kier alpha value is -2.57. The van der Waals surface area contributed by atoms with Crippen molar-refractivity contribution in [1.82, 2.24) is 0 Å². The van der Waals surface area contributed by atoms with Gasteiger partial charge in [-0.1, -0.05) is 60.3 Å². The molecule has 2 aliphatic rings. The molecule has 1 heterocycles. The summed E-state index contributed by atoms with van der Waals surface area (Å²) in [7, 11) is 0. The highest BCUT2D eigenvalue weighted by atomic mass is 35.5. The number of nitrogens with one attached hydrogen (secondary N) is 1. The van der Waals surface area contributed by atoms with Crippen LogP contribution in [0.4, 0.5) is 11.4 Å². The number of benzene rings is 2. The number of esters is 1. The van der Waals surface area contributed by atoms with Gasteiger partial charge in [0.05, 0.1) is 27.6 Å². The molecule has 1 N–H and O–H groups in total. The summed E-state index contributed by atoms with van der Waals surface area (Å²) in [6, 6.07) is 12.7. The van der Waals surface area contributed by atoms with E-state index in [1.165, 1.54) is 0 Å². The summed E-state index contributed by atoms with van der Waals surface area (Å²) in [4.78, 5) is 40.2. The van der Waals surface area contributed by atoms with Gasteiger partial charge in [-0.3, -0.25) is 14.4 Å². The number of amides is 2. The van der Waals surface area contributed by atoms with Crippen molar-refractivity contribution >= 4 is 52.4 Å². The van der Waals surface area contributed by atoms with Crippen LogP contribution in [0.15, 0.2) is 42.5 Å². The monoisotopic (exact) mass is 474 g/mol. The summed E-state index contributed by atoms with van der Waals surface area (Å²) >= 11 is 12.0. The molecule has 1 saturated carbocycles. The summed E-state index contributed by atoms with van der Waals surface area (Å²) < 4.78 is 5.30. The minimum absolute atomic E-state index is 0.0354. The normalized spacial score (nSPS) is 19.9.